The normalized spacial score (nSPS) is 14.2. The molecule has 11 rings (SSSR count). The van der Waals surface area contributed by atoms with Gasteiger partial charge in [0.2, 0.25) is 0 Å². The molecular weight excluding hydrogens is 617 g/mol. The Balaban J connectivity index is 1.13. The minimum absolute atomic E-state index is 0.345. The highest BCUT2D eigenvalue weighted by Gasteiger charge is 2.31. The summed E-state index contributed by atoms with van der Waals surface area (Å²) < 4.78 is 12.0. The molecule has 0 saturated heterocycles. The van der Waals surface area contributed by atoms with Crippen molar-refractivity contribution in [2.24, 2.45) is 0 Å². The van der Waals surface area contributed by atoms with E-state index in [1.54, 1.807) is 0 Å². The summed E-state index contributed by atoms with van der Waals surface area (Å²) in [5.74, 6) is 0.912. The van der Waals surface area contributed by atoms with Crippen molar-refractivity contribution in [1.29, 1.82) is 0 Å². The smallest absolute Gasteiger partial charge is 0.197 e. The Bertz CT molecular complexity index is 2950. The summed E-state index contributed by atoms with van der Waals surface area (Å²) in [5, 5.41) is 13.8. The SMILES string of the molecule is c1ccc(-c2cc3sc4ccccc4c3c3c2OC(c2ccc(-n4c5ccccc5c5c6ccccc6ccc54)c4ccccc24)N3)cc1. The number of nitrogens with one attached hydrogen (secondary N) is 1. The molecular formula is C45H28N2OS. The predicted molar refractivity (Wildman–Crippen MR) is 208 cm³/mol. The maximum atomic E-state index is 7.02. The first-order valence-electron chi connectivity index (χ1n) is 16.7. The van der Waals surface area contributed by atoms with Crippen LogP contribution in [0.2, 0.25) is 0 Å². The van der Waals surface area contributed by atoms with Gasteiger partial charge in [0.1, 0.15) is 0 Å². The van der Waals surface area contributed by atoms with Crippen LogP contribution in [0.15, 0.2) is 158 Å². The van der Waals surface area contributed by atoms with Gasteiger partial charge < -0.3 is 14.6 Å². The van der Waals surface area contributed by atoms with Crippen molar-refractivity contribution < 1.29 is 4.74 Å². The Morgan fingerprint density at radius 1 is 0.531 bits per heavy atom. The molecule has 49 heavy (non-hydrogen) atoms. The van der Waals surface area contributed by atoms with Gasteiger partial charge in [-0.15, -0.1) is 11.3 Å². The Labute approximate surface area is 286 Å². The summed E-state index contributed by atoms with van der Waals surface area (Å²) in [4.78, 5) is 0. The number of para-hydroxylation sites is 1. The van der Waals surface area contributed by atoms with Gasteiger partial charge in [-0.3, -0.25) is 0 Å². The van der Waals surface area contributed by atoms with Crippen molar-refractivity contribution in [1.82, 2.24) is 4.57 Å². The van der Waals surface area contributed by atoms with Crippen LogP contribution in [0, 0.1) is 0 Å². The molecule has 0 radical (unpaired) electrons. The number of hydrogen-bond acceptors (Lipinski definition) is 3. The van der Waals surface area contributed by atoms with E-state index in [9.17, 15) is 0 Å². The van der Waals surface area contributed by atoms with Gasteiger partial charge in [0, 0.05) is 47.5 Å². The molecule has 1 N–H and O–H groups in total. The number of rotatable bonds is 3. The van der Waals surface area contributed by atoms with E-state index in [0.717, 1.165) is 33.8 Å². The lowest BCUT2D eigenvalue weighted by Crippen LogP contribution is -2.11. The van der Waals surface area contributed by atoms with Crippen molar-refractivity contribution in [2.45, 2.75) is 6.23 Å². The van der Waals surface area contributed by atoms with Gasteiger partial charge in [-0.05, 0) is 52.1 Å². The largest absolute Gasteiger partial charge is 0.464 e. The fourth-order valence-corrected chi connectivity index (χ4v) is 9.26. The standard InChI is InChI=1S/C45H28N2OS/c1-2-12-27(13-3-1)35-26-40-42(34-19-9-11-21-39(34)49-40)43-44(35)48-45(46-43)32-23-25-37(31-17-7-6-16-30(31)32)47-36-20-10-8-18-33(36)41-29-15-5-4-14-28(29)22-24-38(41)47/h1-26,45-46H. The number of ether oxygens (including phenoxy) is 1. The second-order valence-corrected chi connectivity index (χ2v) is 13.9. The van der Waals surface area contributed by atoms with Crippen LogP contribution in [0.3, 0.4) is 0 Å². The maximum Gasteiger partial charge on any atom is 0.197 e. The lowest BCUT2D eigenvalue weighted by Gasteiger charge is -2.18. The molecule has 4 heteroatoms. The van der Waals surface area contributed by atoms with Gasteiger partial charge in [0.05, 0.1) is 22.4 Å². The highest BCUT2D eigenvalue weighted by Crippen LogP contribution is 2.53. The number of aromatic nitrogens is 1. The van der Waals surface area contributed by atoms with Crippen LogP contribution in [0.25, 0.3) is 80.3 Å². The van der Waals surface area contributed by atoms with Crippen LogP contribution in [0.4, 0.5) is 5.69 Å². The van der Waals surface area contributed by atoms with Gasteiger partial charge in [0.25, 0.3) is 0 Å². The van der Waals surface area contributed by atoms with Gasteiger partial charge in [-0.1, -0.05) is 127 Å². The van der Waals surface area contributed by atoms with E-state index < -0.39 is 0 Å². The molecule has 0 spiro atoms. The molecule has 8 aromatic carbocycles. The highest BCUT2D eigenvalue weighted by molar-refractivity contribution is 7.26. The second kappa shape index (κ2) is 10.2. The summed E-state index contributed by atoms with van der Waals surface area (Å²) in [5.41, 5.74) is 8.03. The quantitative estimate of drug-likeness (QED) is 0.207. The lowest BCUT2D eigenvalue weighted by atomic mass is 10.0. The molecule has 1 aliphatic heterocycles. The number of fused-ring (bicyclic) bond motifs is 11. The molecule has 1 atom stereocenters. The third-order valence-corrected chi connectivity index (χ3v) is 11.4. The van der Waals surface area contributed by atoms with Gasteiger partial charge in [-0.2, -0.15) is 0 Å². The van der Waals surface area contributed by atoms with Crippen LogP contribution in [-0.4, -0.2) is 4.57 Å². The molecule has 0 aliphatic carbocycles. The maximum absolute atomic E-state index is 7.02. The van der Waals surface area contributed by atoms with E-state index in [1.807, 2.05) is 11.3 Å². The molecule has 230 valence electrons. The first-order valence-corrected chi connectivity index (χ1v) is 17.5. The summed E-state index contributed by atoms with van der Waals surface area (Å²) in [6.45, 7) is 0. The van der Waals surface area contributed by atoms with Gasteiger partial charge in [0.15, 0.2) is 12.0 Å². The molecule has 3 heterocycles. The summed E-state index contributed by atoms with van der Waals surface area (Å²) in [6, 6.07) is 56.9. The second-order valence-electron chi connectivity index (χ2n) is 12.9. The Morgan fingerprint density at radius 2 is 1.24 bits per heavy atom. The van der Waals surface area contributed by atoms with Crippen molar-refractivity contribution in [3.63, 3.8) is 0 Å². The van der Waals surface area contributed by atoms with E-state index in [-0.39, 0.29) is 6.23 Å². The highest BCUT2D eigenvalue weighted by atomic mass is 32.1. The molecule has 0 amide bonds. The molecule has 0 saturated carbocycles. The average molecular weight is 645 g/mol. The van der Waals surface area contributed by atoms with Crippen LogP contribution in [0.1, 0.15) is 11.8 Å². The molecule has 0 fully saturated rings. The van der Waals surface area contributed by atoms with Crippen molar-refractivity contribution >= 4 is 80.5 Å². The van der Waals surface area contributed by atoms with E-state index in [2.05, 4.69) is 168 Å². The van der Waals surface area contributed by atoms with Gasteiger partial charge >= 0.3 is 0 Å². The molecule has 3 nitrogen and oxygen atoms in total. The van der Waals surface area contributed by atoms with E-state index in [0.29, 0.717) is 0 Å². The lowest BCUT2D eigenvalue weighted by molar-refractivity contribution is 0.262. The summed E-state index contributed by atoms with van der Waals surface area (Å²) in [7, 11) is 0. The van der Waals surface area contributed by atoms with Crippen LogP contribution < -0.4 is 10.1 Å². The van der Waals surface area contributed by atoms with E-state index >= 15 is 0 Å². The molecule has 1 aliphatic rings. The number of benzene rings is 8. The number of anilines is 1. The first kappa shape index (κ1) is 26.9. The zero-order valence-corrected chi connectivity index (χ0v) is 27.2. The summed E-state index contributed by atoms with van der Waals surface area (Å²) >= 11 is 1.84. The van der Waals surface area contributed by atoms with E-state index in [1.165, 1.54) is 63.5 Å². The molecule has 10 aromatic rings. The minimum Gasteiger partial charge on any atom is -0.464 e. The van der Waals surface area contributed by atoms with Crippen molar-refractivity contribution in [2.75, 3.05) is 5.32 Å². The minimum atomic E-state index is -0.345. The number of thiophene rings is 1. The fourth-order valence-electron chi connectivity index (χ4n) is 8.11. The van der Waals surface area contributed by atoms with Crippen molar-refractivity contribution in [3.8, 4) is 22.6 Å². The predicted octanol–water partition coefficient (Wildman–Crippen LogP) is 12.6. The van der Waals surface area contributed by atoms with Crippen LogP contribution in [0.5, 0.6) is 5.75 Å². The van der Waals surface area contributed by atoms with Gasteiger partial charge in [-0.25, -0.2) is 0 Å². The van der Waals surface area contributed by atoms with Crippen LogP contribution >= 0.6 is 11.3 Å². The Kier molecular flexibility index (Phi) is 5.60. The average Bonchev–Trinajstić information content (AvgIpc) is 3.86. The first-order chi connectivity index (χ1) is 24.3. The number of hydrogen-bond donors (Lipinski definition) is 1. The Morgan fingerprint density at radius 3 is 2.12 bits per heavy atom. The fraction of sp³-hybridized carbons (Fsp3) is 0.0222. The third-order valence-electron chi connectivity index (χ3n) is 10.2. The molecule has 0 bridgehead atoms. The van der Waals surface area contributed by atoms with Crippen molar-refractivity contribution in [3.05, 3.63) is 163 Å². The number of nitrogens with zero attached hydrogens (tertiary/aromatic N) is 1. The monoisotopic (exact) mass is 644 g/mol. The van der Waals surface area contributed by atoms with E-state index in [4.69, 9.17) is 4.74 Å². The Hall–Kier alpha value is -6.10. The zero-order chi connectivity index (χ0) is 32.1. The topological polar surface area (TPSA) is 26.2 Å². The summed E-state index contributed by atoms with van der Waals surface area (Å²) in [6.07, 6.45) is -0.345. The molecule has 1 unspecified atom stereocenters. The molecule has 2 aromatic heterocycles. The zero-order valence-electron chi connectivity index (χ0n) is 26.4. The van der Waals surface area contributed by atoms with Crippen LogP contribution in [-0.2, 0) is 0 Å². The third kappa shape index (κ3) is 3.83.